The topological polar surface area (TPSA) is 51.2 Å². The Kier molecular flexibility index (Phi) is 5.60. The van der Waals surface area contributed by atoms with E-state index in [4.69, 9.17) is 4.74 Å². The molecular formula is C20H16BrF3N2O2. The van der Waals surface area contributed by atoms with Gasteiger partial charge in [0.1, 0.15) is 5.56 Å². The number of carbonyl (C=O) groups is 1. The summed E-state index contributed by atoms with van der Waals surface area (Å²) in [6.45, 7) is 3.72. The second-order valence-electron chi connectivity index (χ2n) is 6.08. The average Bonchev–Trinajstić information content (AvgIpc) is 2.63. The second-order valence-corrected chi connectivity index (χ2v) is 7.00. The lowest BCUT2D eigenvalue weighted by atomic mass is 10.1. The first-order valence-corrected chi connectivity index (χ1v) is 9.20. The standard InChI is InChI=1S/C20H16BrF3N2O2/c1-3-28-19(27)15-10-25-17-9-12(20(22,23)24)4-6-14(17)18(15)26-16-7-5-13(21)8-11(16)2/h4-10H,3H2,1-2H3,(H,25,26). The molecule has 8 heteroatoms. The van der Waals surface area contributed by atoms with E-state index in [2.05, 4.69) is 26.2 Å². The zero-order valence-corrected chi connectivity index (χ0v) is 16.6. The van der Waals surface area contributed by atoms with Crippen molar-refractivity contribution in [2.45, 2.75) is 20.0 Å². The van der Waals surface area contributed by atoms with Crippen LogP contribution in [-0.4, -0.2) is 17.6 Å². The number of halogens is 4. The highest BCUT2D eigenvalue weighted by Gasteiger charge is 2.31. The maximum atomic E-state index is 13.0. The van der Waals surface area contributed by atoms with Gasteiger partial charge in [0.25, 0.3) is 0 Å². The third-order valence-electron chi connectivity index (χ3n) is 4.14. The number of hydrogen-bond donors (Lipinski definition) is 1. The second kappa shape index (κ2) is 7.79. The fraction of sp³-hybridized carbons (Fsp3) is 0.200. The number of pyridine rings is 1. The summed E-state index contributed by atoms with van der Waals surface area (Å²) in [5, 5.41) is 3.56. The van der Waals surface area contributed by atoms with E-state index in [1.807, 2.05) is 25.1 Å². The number of rotatable bonds is 4. The van der Waals surface area contributed by atoms with Gasteiger partial charge >= 0.3 is 12.1 Å². The fourth-order valence-corrected chi connectivity index (χ4v) is 3.25. The van der Waals surface area contributed by atoms with Gasteiger partial charge in [-0.1, -0.05) is 22.0 Å². The van der Waals surface area contributed by atoms with Crippen LogP contribution in [-0.2, 0) is 10.9 Å². The molecule has 2 aromatic carbocycles. The highest BCUT2D eigenvalue weighted by molar-refractivity contribution is 9.10. The minimum atomic E-state index is -4.48. The molecule has 1 aromatic heterocycles. The first kappa shape index (κ1) is 20.1. The third-order valence-corrected chi connectivity index (χ3v) is 4.63. The predicted molar refractivity (Wildman–Crippen MR) is 105 cm³/mol. The zero-order chi connectivity index (χ0) is 20.5. The number of carbonyl (C=O) groups excluding carboxylic acids is 1. The molecule has 0 aliphatic rings. The van der Waals surface area contributed by atoms with Gasteiger partial charge in [0, 0.05) is 21.7 Å². The van der Waals surface area contributed by atoms with E-state index in [0.717, 1.165) is 22.2 Å². The van der Waals surface area contributed by atoms with Gasteiger partial charge in [-0.15, -0.1) is 0 Å². The molecule has 28 heavy (non-hydrogen) atoms. The molecule has 0 atom stereocenters. The quantitative estimate of drug-likeness (QED) is 0.475. The van der Waals surface area contributed by atoms with Crippen LogP contribution in [0.2, 0.25) is 0 Å². The summed E-state index contributed by atoms with van der Waals surface area (Å²) in [7, 11) is 0. The van der Waals surface area contributed by atoms with E-state index in [9.17, 15) is 18.0 Å². The first-order valence-electron chi connectivity index (χ1n) is 8.41. The van der Waals surface area contributed by atoms with Gasteiger partial charge in [-0.2, -0.15) is 13.2 Å². The van der Waals surface area contributed by atoms with E-state index in [1.54, 1.807) is 6.92 Å². The van der Waals surface area contributed by atoms with Gasteiger partial charge in [0.15, 0.2) is 0 Å². The Morgan fingerprint density at radius 3 is 2.61 bits per heavy atom. The van der Waals surface area contributed by atoms with Crippen molar-refractivity contribution in [3.8, 4) is 0 Å². The summed E-state index contributed by atoms with van der Waals surface area (Å²) in [6.07, 6.45) is -3.25. The van der Waals surface area contributed by atoms with Crippen molar-refractivity contribution in [1.29, 1.82) is 0 Å². The molecule has 146 valence electrons. The minimum absolute atomic E-state index is 0.125. The molecule has 0 spiro atoms. The van der Waals surface area contributed by atoms with Gasteiger partial charge in [-0.05, 0) is 49.7 Å². The Bertz CT molecular complexity index is 1050. The lowest BCUT2D eigenvalue weighted by Gasteiger charge is -2.16. The summed E-state index contributed by atoms with van der Waals surface area (Å²) in [5.74, 6) is -0.603. The van der Waals surface area contributed by atoms with Crippen LogP contribution in [0.4, 0.5) is 24.5 Å². The normalized spacial score (nSPS) is 11.5. The average molecular weight is 453 g/mol. The minimum Gasteiger partial charge on any atom is -0.462 e. The van der Waals surface area contributed by atoms with E-state index in [0.29, 0.717) is 16.8 Å². The molecule has 0 saturated heterocycles. The summed E-state index contributed by atoms with van der Waals surface area (Å²) in [6, 6.07) is 8.76. The van der Waals surface area contributed by atoms with Crippen molar-refractivity contribution < 1.29 is 22.7 Å². The Morgan fingerprint density at radius 2 is 1.96 bits per heavy atom. The van der Waals surface area contributed by atoms with Crippen molar-refractivity contribution >= 4 is 44.2 Å². The molecule has 0 fully saturated rings. The van der Waals surface area contributed by atoms with Crippen LogP contribution in [0.25, 0.3) is 10.9 Å². The van der Waals surface area contributed by atoms with Crippen molar-refractivity contribution in [3.63, 3.8) is 0 Å². The van der Waals surface area contributed by atoms with Crippen LogP contribution >= 0.6 is 15.9 Å². The van der Waals surface area contributed by atoms with E-state index in [-0.39, 0.29) is 17.7 Å². The van der Waals surface area contributed by atoms with Crippen LogP contribution in [0.3, 0.4) is 0 Å². The number of alkyl halides is 3. The highest BCUT2D eigenvalue weighted by Crippen LogP contribution is 2.35. The van der Waals surface area contributed by atoms with Gasteiger partial charge in [-0.25, -0.2) is 4.79 Å². The van der Waals surface area contributed by atoms with E-state index < -0.39 is 17.7 Å². The van der Waals surface area contributed by atoms with Crippen LogP contribution in [0, 0.1) is 6.92 Å². The number of esters is 1. The molecule has 0 radical (unpaired) electrons. The van der Waals surface area contributed by atoms with Crippen LogP contribution in [0.1, 0.15) is 28.4 Å². The Labute approximate surface area is 167 Å². The molecule has 1 N–H and O–H groups in total. The molecule has 0 amide bonds. The molecule has 0 aliphatic heterocycles. The van der Waals surface area contributed by atoms with Crippen molar-refractivity contribution in [2.75, 3.05) is 11.9 Å². The Morgan fingerprint density at radius 1 is 1.21 bits per heavy atom. The molecule has 0 aliphatic carbocycles. The smallest absolute Gasteiger partial charge is 0.416 e. The molecule has 1 heterocycles. The Balaban J connectivity index is 2.19. The summed E-state index contributed by atoms with van der Waals surface area (Å²) in [5.41, 5.74) is 1.42. The lowest BCUT2D eigenvalue weighted by Crippen LogP contribution is -2.10. The maximum absolute atomic E-state index is 13.0. The van der Waals surface area contributed by atoms with Crippen molar-refractivity contribution in [3.05, 3.63) is 63.8 Å². The maximum Gasteiger partial charge on any atom is 0.416 e. The number of ether oxygens (including phenoxy) is 1. The van der Waals surface area contributed by atoms with Gasteiger partial charge in [-0.3, -0.25) is 4.98 Å². The van der Waals surface area contributed by atoms with Crippen LogP contribution in [0.5, 0.6) is 0 Å². The number of nitrogens with zero attached hydrogens (tertiary/aromatic N) is 1. The van der Waals surface area contributed by atoms with E-state index in [1.165, 1.54) is 12.3 Å². The lowest BCUT2D eigenvalue weighted by molar-refractivity contribution is -0.137. The number of fused-ring (bicyclic) bond motifs is 1. The SMILES string of the molecule is CCOC(=O)c1cnc2cc(C(F)(F)F)ccc2c1Nc1ccc(Br)cc1C. The summed E-state index contributed by atoms with van der Waals surface area (Å²) < 4.78 is 45.1. The van der Waals surface area contributed by atoms with Crippen molar-refractivity contribution in [2.24, 2.45) is 0 Å². The molecule has 3 aromatic rings. The molecular weight excluding hydrogens is 437 g/mol. The number of nitrogens with one attached hydrogen (secondary N) is 1. The largest absolute Gasteiger partial charge is 0.462 e. The molecule has 0 saturated carbocycles. The third kappa shape index (κ3) is 4.11. The molecule has 0 unspecified atom stereocenters. The number of aryl methyl sites for hydroxylation is 1. The molecule has 3 rings (SSSR count). The van der Waals surface area contributed by atoms with Gasteiger partial charge in [0.05, 0.1) is 23.4 Å². The predicted octanol–water partition coefficient (Wildman–Crippen LogP) is 6.24. The van der Waals surface area contributed by atoms with Gasteiger partial charge < -0.3 is 10.1 Å². The summed E-state index contributed by atoms with van der Waals surface area (Å²) >= 11 is 3.39. The molecule has 4 nitrogen and oxygen atoms in total. The highest BCUT2D eigenvalue weighted by atomic mass is 79.9. The summed E-state index contributed by atoms with van der Waals surface area (Å²) in [4.78, 5) is 16.4. The number of hydrogen-bond acceptors (Lipinski definition) is 4. The molecule has 0 bridgehead atoms. The number of benzene rings is 2. The number of aromatic nitrogens is 1. The van der Waals surface area contributed by atoms with Crippen LogP contribution in [0.15, 0.2) is 47.1 Å². The zero-order valence-electron chi connectivity index (χ0n) is 15.0. The Hall–Kier alpha value is -2.61. The monoisotopic (exact) mass is 452 g/mol. The van der Waals surface area contributed by atoms with Gasteiger partial charge in [0.2, 0.25) is 0 Å². The van der Waals surface area contributed by atoms with Crippen LogP contribution < -0.4 is 5.32 Å². The first-order chi connectivity index (χ1) is 13.2. The van der Waals surface area contributed by atoms with Crippen molar-refractivity contribution in [1.82, 2.24) is 4.98 Å². The fourth-order valence-electron chi connectivity index (χ4n) is 2.77. The number of anilines is 2. The van der Waals surface area contributed by atoms with E-state index >= 15 is 0 Å².